The molecule has 1 amide bonds. The molecule has 1 heterocycles. The number of carbonyl (C=O) groups excluding carboxylic acids is 2. The number of hydrogen-bond donors (Lipinski definition) is 2. The Morgan fingerprint density at radius 2 is 1.86 bits per heavy atom. The van der Waals surface area contributed by atoms with Crippen molar-refractivity contribution in [3.05, 3.63) is 83.3 Å². The summed E-state index contributed by atoms with van der Waals surface area (Å²) in [6.07, 6.45) is 1.31. The molecule has 142 valence electrons. The van der Waals surface area contributed by atoms with Crippen LogP contribution in [-0.2, 0) is 11.3 Å². The average Bonchev–Trinajstić information content (AvgIpc) is 2.72. The molecule has 7 heteroatoms. The monoisotopic (exact) mass is 376 g/mol. The molecule has 0 radical (unpaired) electrons. The summed E-state index contributed by atoms with van der Waals surface area (Å²) >= 11 is 0. The summed E-state index contributed by atoms with van der Waals surface area (Å²) < 4.78 is 4.72. The second-order valence-electron chi connectivity index (χ2n) is 6.10. The molecule has 0 aliphatic carbocycles. The lowest BCUT2D eigenvalue weighted by molar-refractivity contribution is 0.0600. The van der Waals surface area contributed by atoms with Crippen LogP contribution in [0.3, 0.4) is 0 Å². The first-order valence-electron chi connectivity index (χ1n) is 8.67. The van der Waals surface area contributed by atoms with E-state index in [9.17, 15) is 9.59 Å². The number of rotatable bonds is 6. The van der Waals surface area contributed by atoms with Gasteiger partial charge < -0.3 is 15.4 Å². The van der Waals surface area contributed by atoms with Crippen LogP contribution in [0.4, 0.5) is 11.5 Å². The van der Waals surface area contributed by atoms with Crippen molar-refractivity contribution in [1.82, 2.24) is 15.3 Å². The van der Waals surface area contributed by atoms with Crippen molar-refractivity contribution >= 4 is 23.4 Å². The molecule has 0 aliphatic heterocycles. The Labute approximate surface area is 162 Å². The maximum atomic E-state index is 12.4. The summed E-state index contributed by atoms with van der Waals surface area (Å²) in [5.74, 6) is -0.280. The number of anilines is 2. The van der Waals surface area contributed by atoms with Crippen LogP contribution in [0.15, 0.2) is 60.9 Å². The van der Waals surface area contributed by atoms with E-state index >= 15 is 0 Å². The Morgan fingerprint density at radius 1 is 1.04 bits per heavy atom. The Hall–Kier alpha value is -3.74. The van der Waals surface area contributed by atoms with Crippen molar-refractivity contribution < 1.29 is 14.3 Å². The Balaban J connectivity index is 1.69. The molecule has 0 spiro atoms. The van der Waals surface area contributed by atoms with Crippen LogP contribution < -0.4 is 10.6 Å². The summed E-state index contributed by atoms with van der Waals surface area (Å²) in [6, 6.07) is 16.2. The standard InChI is InChI=1S/C21H20N4O3/c1-14-6-3-4-7-16(14)12-22-20(26)18-11-19(24-13-23-18)25-17-9-5-8-15(10-17)21(27)28-2/h3-11,13H,12H2,1-2H3,(H,22,26)(H,23,24,25). The van der Waals surface area contributed by atoms with E-state index < -0.39 is 5.97 Å². The summed E-state index contributed by atoms with van der Waals surface area (Å²) in [5, 5.41) is 5.92. The molecule has 2 aromatic carbocycles. The third-order valence-electron chi connectivity index (χ3n) is 4.16. The number of esters is 1. The first-order chi connectivity index (χ1) is 13.6. The topological polar surface area (TPSA) is 93.2 Å². The van der Waals surface area contributed by atoms with Crippen molar-refractivity contribution in [1.29, 1.82) is 0 Å². The molecule has 0 aliphatic rings. The summed E-state index contributed by atoms with van der Waals surface area (Å²) in [4.78, 5) is 32.2. The summed E-state index contributed by atoms with van der Waals surface area (Å²) in [7, 11) is 1.33. The number of ether oxygens (including phenoxy) is 1. The molecule has 3 rings (SSSR count). The van der Waals surface area contributed by atoms with Crippen LogP contribution in [0.2, 0.25) is 0 Å². The highest BCUT2D eigenvalue weighted by Gasteiger charge is 2.10. The van der Waals surface area contributed by atoms with E-state index in [0.29, 0.717) is 23.6 Å². The Kier molecular flexibility index (Phi) is 5.96. The van der Waals surface area contributed by atoms with E-state index in [2.05, 4.69) is 20.6 Å². The van der Waals surface area contributed by atoms with Crippen molar-refractivity contribution in [2.45, 2.75) is 13.5 Å². The van der Waals surface area contributed by atoms with Gasteiger partial charge in [0.2, 0.25) is 0 Å². The lowest BCUT2D eigenvalue weighted by Gasteiger charge is -2.09. The molecule has 0 atom stereocenters. The van der Waals surface area contributed by atoms with Crippen LogP contribution in [0.1, 0.15) is 32.0 Å². The fraction of sp³-hybridized carbons (Fsp3) is 0.143. The van der Waals surface area contributed by atoms with Gasteiger partial charge in [-0.3, -0.25) is 4.79 Å². The molecule has 28 heavy (non-hydrogen) atoms. The minimum absolute atomic E-state index is 0.246. The summed E-state index contributed by atoms with van der Waals surface area (Å²) in [5.41, 5.74) is 3.46. The van der Waals surface area contributed by atoms with E-state index in [1.807, 2.05) is 31.2 Å². The lowest BCUT2D eigenvalue weighted by atomic mass is 10.1. The number of nitrogens with zero attached hydrogens (tertiary/aromatic N) is 2. The van der Waals surface area contributed by atoms with Crippen molar-refractivity contribution in [3.63, 3.8) is 0 Å². The quantitative estimate of drug-likeness (QED) is 0.642. The van der Waals surface area contributed by atoms with Gasteiger partial charge in [0.05, 0.1) is 12.7 Å². The summed E-state index contributed by atoms with van der Waals surface area (Å²) in [6.45, 7) is 2.41. The van der Waals surface area contributed by atoms with Gasteiger partial charge in [0.25, 0.3) is 5.91 Å². The van der Waals surface area contributed by atoms with Gasteiger partial charge >= 0.3 is 5.97 Å². The van der Waals surface area contributed by atoms with E-state index in [0.717, 1.165) is 11.1 Å². The highest BCUT2D eigenvalue weighted by atomic mass is 16.5. The highest BCUT2D eigenvalue weighted by molar-refractivity contribution is 5.93. The minimum Gasteiger partial charge on any atom is -0.465 e. The van der Waals surface area contributed by atoms with E-state index in [-0.39, 0.29) is 11.6 Å². The molecule has 0 unspecified atom stereocenters. The number of aromatic nitrogens is 2. The van der Waals surface area contributed by atoms with Crippen LogP contribution >= 0.6 is 0 Å². The third kappa shape index (κ3) is 4.70. The van der Waals surface area contributed by atoms with Gasteiger partial charge in [0.15, 0.2) is 0 Å². The van der Waals surface area contributed by atoms with Gasteiger partial charge in [-0.25, -0.2) is 14.8 Å². The van der Waals surface area contributed by atoms with Gasteiger partial charge in [-0.05, 0) is 36.2 Å². The average molecular weight is 376 g/mol. The number of methoxy groups -OCH3 is 1. The zero-order valence-electron chi connectivity index (χ0n) is 15.6. The number of carbonyl (C=O) groups is 2. The smallest absolute Gasteiger partial charge is 0.337 e. The lowest BCUT2D eigenvalue weighted by Crippen LogP contribution is -2.24. The largest absolute Gasteiger partial charge is 0.465 e. The predicted molar refractivity (Wildman–Crippen MR) is 105 cm³/mol. The van der Waals surface area contributed by atoms with Crippen molar-refractivity contribution in [2.75, 3.05) is 12.4 Å². The fourth-order valence-corrected chi connectivity index (χ4v) is 2.61. The Morgan fingerprint density at radius 3 is 2.64 bits per heavy atom. The molecule has 7 nitrogen and oxygen atoms in total. The van der Waals surface area contributed by atoms with E-state index in [1.165, 1.54) is 13.4 Å². The SMILES string of the molecule is COC(=O)c1cccc(Nc2cc(C(=O)NCc3ccccc3C)ncn2)c1. The molecule has 3 aromatic rings. The number of amides is 1. The van der Waals surface area contributed by atoms with Gasteiger partial charge in [-0.2, -0.15) is 0 Å². The van der Waals surface area contributed by atoms with Gasteiger partial charge in [0, 0.05) is 18.3 Å². The maximum Gasteiger partial charge on any atom is 0.337 e. The second-order valence-corrected chi connectivity index (χ2v) is 6.10. The zero-order valence-corrected chi connectivity index (χ0v) is 15.6. The number of benzene rings is 2. The van der Waals surface area contributed by atoms with Gasteiger partial charge in [0.1, 0.15) is 17.8 Å². The first kappa shape index (κ1) is 19.0. The van der Waals surface area contributed by atoms with E-state index in [4.69, 9.17) is 4.74 Å². The third-order valence-corrected chi connectivity index (χ3v) is 4.16. The fourth-order valence-electron chi connectivity index (χ4n) is 2.61. The second kappa shape index (κ2) is 8.77. The number of hydrogen-bond acceptors (Lipinski definition) is 6. The molecule has 0 bridgehead atoms. The van der Waals surface area contributed by atoms with E-state index in [1.54, 1.807) is 30.3 Å². The normalized spacial score (nSPS) is 10.2. The van der Waals surface area contributed by atoms with Crippen molar-refractivity contribution in [3.8, 4) is 0 Å². The van der Waals surface area contributed by atoms with Crippen LogP contribution in [0.25, 0.3) is 0 Å². The molecule has 0 saturated heterocycles. The molecular formula is C21H20N4O3. The van der Waals surface area contributed by atoms with Crippen LogP contribution in [0, 0.1) is 6.92 Å². The number of nitrogens with one attached hydrogen (secondary N) is 2. The first-order valence-corrected chi connectivity index (χ1v) is 8.67. The van der Waals surface area contributed by atoms with Crippen molar-refractivity contribution in [2.24, 2.45) is 0 Å². The Bertz CT molecular complexity index is 1000. The molecule has 0 fully saturated rings. The highest BCUT2D eigenvalue weighted by Crippen LogP contribution is 2.17. The molecular weight excluding hydrogens is 356 g/mol. The van der Waals surface area contributed by atoms with Gasteiger partial charge in [-0.15, -0.1) is 0 Å². The molecule has 1 aromatic heterocycles. The van der Waals surface area contributed by atoms with Crippen LogP contribution in [0.5, 0.6) is 0 Å². The van der Waals surface area contributed by atoms with Gasteiger partial charge in [-0.1, -0.05) is 30.3 Å². The predicted octanol–water partition coefficient (Wildman–Crippen LogP) is 3.25. The maximum absolute atomic E-state index is 12.4. The van der Waals surface area contributed by atoms with Crippen LogP contribution in [-0.4, -0.2) is 29.0 Å². The minimum atomic E-state index is -0.428. The molecule has 0 saturated carbocycles. The number of aryl methyl sites for hydroxylation is 1. The zero-order chi connectivity index (χ0) is 19.9. The molecule has 2 N–H and O–H groups in total.